The molecule has 0 bridgehead atoms. The lowest BCUT2D eigenvalue weighted by Gasteiger charge is -2.04. The molecule has 0 unspecified atom stereocenters. The van der Waals surface area contributed by atoms with Gasteiger partial charge in [0, 0.05) is 35.7 Å². The molecule has 0 aliphatic carbocycles. The van der Waals surface area contributed by atoms with E-state index in [1.807, 2.05) is 36.5 Å². The number of rotatable bonds is 1. The maximum Gasteiger partial charge on any atom is 0.159 e. The molecule has 4 rings (SSSR count). The van der Waals surface area contributed by atoms with Crippen molar-refractivity contribution in [3.05, 3.63) is 61.2 Å². The van der Waals surface area contributed by atoms with E-state index in [-0.39, 0.29) is 0 Å². The van der Waals surface area contributed by atoms with Crippen LogP contribution in [-0.4, -0.2) is 19.9 Å². The maximum absolute atomic E-state index is 4.39. The number of hydrogen-bond donors (Lipinski definition) is 0. The average Bonchev–Trinajstić information content (AvgIpc) is 2.54. The largest absolute Gasteiger partial charge is 0.253 e. The van der Waals surface area contributed by atoms with Gasteiger partial charge in [0.25, 0.3) is 0 Å². The van der Waals surface area contributed by atoms with Crippen molar-refractivity contribution in [2.45, 2.75) is 0 Å². The normalized spacial score (nSPS) is 11.0. The summed E-state index contributed by atoms with van der Waals surface area (Å²) < 4.78 is 0. The fraction of sp³-hybridized carbons (Fsp3) is 0. The maximum atomic E-state index is 4.39. The van der Waals surface area contributed by atoms with E-state index < -0.39 is 0 Å². The molecule has 94 valence electrons. The lowest BCUT2D eigenvalue weighted by molar-refractivity contribution is 1.28. The van der Waals surface area contributed by atoms with Gasteiger partial charge in [-0.05, 0) is 35.9 Å². The van der Waals surface area contributed by atoms with Gasteiger partial charge in [0.2, 0.25) is 0 Å². The first-order valence-electron chi connectivity index (χ1n) is 6.32. The SMILES string of the molecule is c1cnc2ncc(-c3ccc4nccnc4c3)cc2c1. The van der Waals surface area contributed by atoms with Crippen LogP contribution < -0.4 is 0 Å². The molecular formula is C16H10N4. The quantitative estimate of drug-likeness (QED) is 0.526. The van der Waals surface area contributed by atoms with Gasteiger partial charge in [-0.15, -0.1) is 0 Å². The third kappa shape index (κ3) is 1.78. The minimum Gasteiger partial charge on any atom is -0.253 e. The van der Waals surface area contributed by atoms with Crippen LogP contribution >= 0.6 is 0 Å². The first-order chi connectivity index (χ1) is 9.90. The van der Waals surface area contributed by atoms with Gasteiger partial charge in [0.15, 0.2) is 5.65 Å². The van der Waals surface area contributed by atoms with Gasteiger partial charge in [0.1, 0.15) is 0 Å². The predicted molar refractivity (Wildman–Crippen MR) is 78.1 cm³/mol. The zero-order valence-electron chi connectivity index (χ0n) is 10.6. The molecule has 0 fully saturated rings. The Hall–Kier alpha value is -2.88. The second kappa shape index (κ2) is 4.35. The average molecular weight is 258 g/mol. The van der Waals surface area contributed by atoms with E-state index in [1.54, 1.807) is 18.6 Å². The Kier molecular flexibility index (Phi) is 2.39. The summed E-state index contributed by atoms with van der Waals surface area (Å²) in [6.07, 6.45) is 6.99. The molecule has 4 aromatic rings. The summed E-state index contributed by atoms with van der Waals surface area (Å²) in [5.41, 5.74) is 4.68. The number of benzene rings is 1. The first kappa shape index (κ1) is 11.0. The van der Waals surface area contributed by atoms with Crippen molar-refractivity contribution in [2.75, 3.05) is 0 Å². The fourth-order valence-electron chi connectivity index (χ4n) is 2.27. The molecule has 20 heavy (non-hydrogen) atoms. The molecule has 4 nitrogen and oxygen atoms in total. The summed E-state index contributed by atoms with van der Waals surface area (Å²) in [5, 5.41) is 1.03. The predicted octanol–water partition coefficient (Wildman–Crippen LogP) is 3.24. The Balaban J connectivity index is 1.91. The van der Waals surface area contributed by atoms with Gasteiger partial charge >= 0.3 is 0 Å². The smallest absolute Gasteiger partial charge is 0.159 e. The third-order valence-electron chi connectivity index (χ3n) is 3.26. The van der Waals surface area contributed by atoms with Crippen molar-refractivity contribution in [1.82, 2.24) is 19.9 Å². The number of fused-ring (bicyclic) bond motifs is 2. The molecule has 0 atom stereocenters. The van der Waals surface area contributed by atoms with Crippen LogP contribution in [0.3, 0.4) is 0 Å². The molecule has 0 N–H and O–H groups in total. The van der Waals surface area contributed by atoms with Gasteiger partial charge in [-0.25, -0.2) is 9.97 Å². The second-order valence-electron chi connectivity index (χ2n) is 4.53. The Morgan fingerprint density at radius 2 is 1.55 bits per heavy atom. The highest BCUT2D eigenvalue weighted by Gasteiger charge is 2.03. The van der Waals surface area contributed by atoms with Crippen molar-refractivity contribution < 1.29 is 0 Å². The van der Waals surface area contributed by atoms with Crippen molar-refractivity contribution in [1.29, 1.82) is 0 Å². The molecule has 0 aliphatic rings. The van der Waals surface area contributed by atoms with Crippen LogP contribution in [0.2, 0.25) is 0 Å². The Labute approximate surface area is 115 Å². The molecule has 0 saturated heterocycles. The highest BCUT2D eigenvalue weighted by molar-refractivity contribution is 5.85. The summed E-state index contributed by atoms with van der Waals surface area (Å²) in [6, 6.07) is 12.1. The Morgan fingerprint density at radius 3 is 2.50 bits per heavy atom. The van der Waals surface area contributed by atoms with E-state index >= 15 is 0 Å². The van der Waals surface area contributed by atoms with Gasteiger partial charge in [-0.3, -0.25) is 9.97 Å². The first-order valence-corrected chi connectivity index (χ1v) is 6.32. The lowest BCUT2D eigenvalue weighted by atomic mass is 10.1. The monoisotopic (exact) mass is 258 g/mol. The number of aromatic nitrogens is 4. The topological polar surface area (TPSA) is 51.6 Å². The van der Waals surface area contributed by atoms with E-state index in [4.69, 9.17) is 0 Å². The van der Waals surface area contributed by atoms with Gasteiger partial charge < -0.3 is 0 Å². The van der Waals surface area contributed by atoms with Crippen molar-refractivity contribution in [2.24, 2.45) is 0 Å². The minimum absolute atomic E-state index is 0.761. The highest BCUT2D eigenvalue weighted by atomic mass is 14.8. The van der Waals surface area contributed by atoms with E-state index in [1.165, 1.54) is 0 Å². The fourth-order valence-corrected chi connectivity index (χ4v) is 2.27. The molecule has 0 aliphatic heterocycles. The minimum atomic E-state index is 0.761. The van der Waals surface area contributed by atoms with Crippen LogP contribution in [0, 0.1) is 0 Å². The molecular weight excluding hydrogens is 248 g/mol. The van der Waals surface area contributed by atoms with Crippen molar-refractivity contribution in [3.63, 3.8) is 0 Å². The molecule has 0 amide bonds. The second-order valence-corrected chi connectivity index (χ2v) is 4.53. The van der Waals surface area contributed by atoms with Gasteiger partial charge in [-0.2, -0.15) is 0 Å². The Bertz CT molecular complexity index is 841. The van der Waals surface area contributed by atoms with E-state index in [0.29, 0.717) is 0 Å². The molecule has 3 heterocycles. The van der Waals surface area contributed by atoms with E-state index in [2.05, 4.69) is 26.0 Å². The summed E-state index contributed by atoms with van der Waals surface area (Å²) in [5.74, 6) is 0. The third-order valence-corrected chi connectivity index (χ3v) is 3.26. The number of hydrogen-bond acceptors (Lipinski definition) is 4. The van der Waals surface area contributed by atoms with Gasteiger partial charge in [0.05, 0.1) is 11.0 Å². The van der Waals surface area contributed by atoms with E-state index in [0.717, 1.165) is 33.2 Å². The standard InChI is InChI=1S/C16H10N4/c1-2-12-8-13(10-20-16(12)19-5-1)11-3-4-14-15(9-11)18-7-6-17-14/h1-10H. The van der Waals surface area contributed by atoms with Crippen LogP contribution in [0.15, 0.2) is 61.2 Å². The van der Waals surface area contributed by atoms with Gasteiger partial charge in [-0.1, -0.05) is 6.07 Å². The van der Waals surface area contributed by atoms with Crippen LogP contribution in [0.1, 0.15) is 0 Å². The Morgan fingerprint density at radius 1 is 0.650 bits per heavy atom. The zero-order chi connectivity index (χ0) is 13.4. The molecule has 4 heteroatoms. The highest BCUT2D eigenvalue weighted by Crippen LogP contribution is 2.24. The number of pyridine rings is 2. The van der Waals surface area contributed by atoms with Crippen LogP contribution in [-0.2, 0) is 0 Å². The molecule has 0 radical (unpaired) electrons. The summed E-state index contributed by atoms with van der Waals surface area (Å²) >= 11 is 0. The summed E-state index contributed by atoms with van der Waals surface area (Å²) in [6.45, 7) is 0. The van der Waals surface area contributed by atoms with E-state index in [9.17, 15) is 0 Å². The van der Waals surface area contributed by atoms with Crippen LogP contribution in [0.4, 0.5) is 0 Å². The molecule has 0 saturated carbocycles. The molecule has 0 spiro atoms. The van der Waals surface area contributed by atoms with Crippen molar-refractivity contribution in [3.8, 4) is 11.1 Å². The van der Waals surface area contributed by atoms with Crippen LogP contribution in [0.5, 0.6) is 0 Å². The van der Waals surface area contributed by atoms with Crippen molar-refractivity contribution >= 4 is 22.1 Å². The molecule has 1 aromatic carbocycles. The zero-order valence-corrected chi connectivity index (χ0v) is 10.6. The lowest BCUT2D eigenvalue weighted by Crippen LogP contribution is -1.87. The summed E-state index contributed by atoms with van der Waals surface area (Å²) in [7, 11) is 0. The molecule has 3 aromatic heterocycles. The van der Waals surface area contributed by atoms with Crippen LogP contribution in [0.25, 0.3) is 33.2 Å². The summed E-state index contributed by atoms with van der Waals surface area (Å²) in [4.78, 5) is 17.2. The number of nitrogens with zero attached hydrogens (tertiary/aromatic N) is 4.